The molecule has 2 N–H and O–H groups in total. The van der Waals surface area contributed by atoms with Crippen LogP contribution in [0, 0.1) is 0 Å². The maximum Gasteiger partial charge on any atom is 0.210 e. The van der Waals surface area contributed by atoms with Crippen LogP contribution < -0.4 is 10.6 Å². The van der Waals surface area contributed by atoms with Gasteiger partial charge in [0.2, 0.25) is 5.16 Å². The van der Waals surface area contributed by atoms with E-state index >= 15 is 0 Å². The number of aromatic nitrogens is 3. The second-order valence-electron chi connectivity index (χ2n) is 4.29. The van der Waals surface area contributed by atoms with Gasteiger partial charge in [-0.2, -0.15) is 0 Å². The quantitative estimate of drug-likeness (QED) is 0.578. The molecule has 3 rings (SSSR count). The Labute approximate surface area is 130 Å². The summed E-state index contributed by atoms with van der Waals surface area (Å²) in [5, 5.41) is 11.0. The van der Waals surface area contributed by atoms with Crippen LogP contribution >= 0.6 is 23.1 Å². The van der Waals surface area contributed by atoms with Gasteiger partial charge in [-0.15, -0.1) is 21.5 Å². The summed E-state index contributed by atoms with van der Waals surface area (Å²) in [5.41, 5.74) is 1.18. The molecule has 0 bridgehead atoms. The number of rotatable bonds is 5. The van der Waals surface area contributed by atoms with Crippen molar-refractivity contribution < 1.29 is 4.74 Å². The number of nitrogens with two attached hydrogens (primary N) is 1. The van der Waals surface area contributed by atoms with Crippen LogP contribution in [0.15, 0.2) is 46.9 Å². The number of thioether (sulfide) groups is 1. The average molecular weight is 318 g/mol. The lowest BCUT2D eigenvalue weighted by atomic mass is 10.2. The average Bonchev–Trinajstić information content (AvgIpc) is 3.15. The van der Waals surface area contributed by atoms with Gasteiger partial charge in [-0.3, -0.25) is 0 Å². The first kappa shape index (κ1) is 14.0. The molecule has 0 aliphatic rings. The fourth-order valence-electron chi connectivity index (χ4n) is 1.82. The smallest absolute Gasteiger partial charge is 0.210 e. The lowest BCUT2D eigenvalue weighted by Crippen LogP contribution is -2.11. The van der Waals surface area contributed by atoms with Crippen LogP contribution in [-0.2, 0) is 5.75 Å². The van der Waals surface area contributed by atoms with Gasteiger partial charge >= 0.3 is 0 Å². The predicted molar refractivity (Wildman–Crippen MR) is 86.0 cm³/mol. The summed E-state index contributed by atoms with van der Waals surface area (Å²) in [6, 6.07) is 11.9. The van der Waals surface area contributed by atoms with Crippen molar-refractivity contribution in [3.63, 3.8) is 0 Å². The first-order valence-corrected chi connectivity index (χ1v) is 8.14. The molecule has 2 heterocycles. The van der Waals surface area contributed by atoms with Crippen LogP contribution in [-0.4, -0.2) is 22.0 Å². The fraction of sp³-hybridized carbons (Fsp3) is 0.143. The molecular weight excluding hydrogens is 304 g/mol. The molecule has 0 fully saturated rings. The van der Waals surface area contributed by atoms with Crippen LogP contribution in [0.5, 0.6) is 5.75 Å². The third-order valence-corrected chi connectivity index (χ3v) is 4.81. The number of methoxy groups -OCH3 is 1. The Kier molecular flexibility index (Phi) is 4.12. The molecule has 21 heavy (non-hydrogen) atoms. The number of hydrogen-bond donors (Lipinski definition) is 1. The van der Waals surface area contributed by atoms with E-state index in [2.05, 4.69) is 10.2 Å². The van der Waals surface area contributed by atoms with E-state index in [0.717, 1.165) is 16.4 Å². The Bertz CT molecular complexity index is 707. The summed E-state index contributed by atoms with van der Waals surface area (Å²) < 4.78 is 6.69. The zero-order valence-corrected chi connectivity index (χ0v) is 13.0. The minimum atomic E-state index is 0.697. The van der Waals surface area contributed by atoms with Gasteiger partial charge in [-0.25, -0.2) is 4.68 Å². The van der Waals surface area contributed by atoms with Crippen molar-refractivity contribution in [2.75, 3.05) is 13.0 Å². The highest BCUT2D eigenvalue weighted by Crippen LogP contribution is 2.27. The van der Waals surface area contributed by atoms with E-state index in [9.17, 15) is 0 Å². The highest BCUT2D eigenvalue weighted by atomic mass is 32.2. The minimum absolute atomic E-state index is 0.697. The number of nitrogens with zero attached hydrogens (tertiary/aromatic N) is 3. The third kappa shape index (κ3) is 3.03. The monoisotopic (exact) mass is 318 g/mol. The lowest BCUT2D eigenvalue weighted by molar-refractivity contribution is 0.414. The molecule has 0 atom stereocenters. The van der Waals surface area contributed by atoms with Crippen LogP contribution in [0.3, 0.4) is 0 Å². The molecule has 0 radical (unpaired) electrons. The molecule has 2 aromatic heterocycles. The molecule has 0 amide bonds. The number of nitrogen functional groups attached to an aromatic ring is 1. The molecule has 0 aliphatic carbocycles. The first-order chi connectivity index (χ1) is 10.3. The van der Waals surface area contributed by atoms with E-state index in [1.165, 1.54) is 5.56 Å². The van der Waals surface area contributed by atoms with Crippen molar-refractivity contribution in [2.24, 2.45) is 0 Å². The minimum Gasteiger partial charge on any atom is -0.497 e. The maximum absolute atomic E-state index is 6.06. The Hall–Kier alpha value is -1.99. The Morgan fingerprint density at radius 3 is 2.71 bits per heavy atom. The van der Waals surface area contributed by atoms with Crippen molar-refractivity contribution in [2.45, 2.75) is 10.9 Å². The summed E-state index contributed by atoms with van der Waals surface area (Å²) in [5.74, 6) is 8.39. The summed E-state index contributed by atoms with van der Waals surface area (Å²) in [4.78, 5) is 1.02. The molecule has 3 aromatic rings. The van der Waals surface area contributed by atoms with Gasteiger partial charge in [0, 0.05) is 5.75 Å². The fourth-order valence-corrected chi connectivity index (χ4v) is 3.34. The van der Waals surface area contributed by atoms with Crippen molar-refractivity contribution >= 4 is 23.1 Å². The zero-order chi connectivity index (χ0) is 14.7. The molecule has 108 valence electrons. The van der Waals surface area contributed by atoms with E-state index in [1.54, 1.807) is 34.9 Å². The van der Waals surface area contributed by atoms with Gasteiger partial charge in [0.05, 0.1) is 12.0 Å². The van der Waals surface area contributed by atoms with Gasteiger partial charge in [0.1, 0.15) is 5.75 Å². The van der Waals surface area contributed by atoms with E-state index in [4.69, 9.17) is 10.6 Å². The van der Waals surface area contributed by atoms with E-state index in [1.807, 2.05) is 41.8 Å². The summed E-state index contributed by atoms with van der Waals surface area (Å²) in [6.07, 6.45) is 0. The van der Waals surface area contributed by atoms with Crippen molar-refractivity contribution in [1.29, 1.82) is 0 Å². The third-order valence-electron chi connectivity index (χ3n) is 2.93. The normalized spacial score (nSPS) is 10.7. The molecular formula is C14H14N4OS2. The van der Waals surface area contributed by atoms with Crippen LogP contribution in [0.25, 0.3) is 10.7 Å². The number of hydrogen-bond acceptors (Lipinski definition) is 6. The van der Waals surface area contributed by atoms with Gasteiger partial charge in [-0.05, 0) is 29.1 Å². The van der Waals surface area contributed by atoms with Crippen molar-refractivity contribution in [3.8, 4) is 16.5 Å². The highest BCUT2D eigenvalue weighted by molar-refractivity contribution is 7.98. The van der Waals surface area contributed by atoms with Gasteiger partial charge in [-0.1, -0.05) is 30.0 Å². The second kappa shape index (κ2) is 6.19. The van der Waals surface area contributed by atoms with Crippen LogP contribution in [0.2, 0.25) is 0 Å². The number of ether oxygens (including phenoxy) is 1. The number of benzene rings is 1. The highest BCUT2D eigenvalue weighted by Gasteiger charge is 2.12. The topological polar surface area (TPSA) is 66.0 Å². The molecule has 0 saturated carbocycles. The summed E-state index contributed by atoms with van der Waals surface area (Å²) >= 11 is 3.16. The van der Waals surface area contributed by atoms with E-state index < -0.39 is 0 Å². The standard InChI is InChI=1S/C14H14N4OS2/c1-19-11-6-4-10(5-7-11)9-21-14-17-16-13(18(14)15)12-3-2-8-20-12/h2-8H,9,15H2,1H3. The van der Waals surface area contributed by atoms with Gasteiger partial charge < -0.3 is 10.6 Å². The lowest BCUT2D eigenvalue weighted by Gasteiger charge is -2.04. The van der Waals surface area contributed by atoms with Gasteiger partial charge in [0.25, 0.3) is 0 Å². The molecule has 0 unspecified atom stereocenters. The van der Waals surface area contributed by atoms with E-state index in [0.29, 0.717) is 11.0 Å². The molecule has 0 spiro atoms. The Morgan fingerprint density at radius 2 is 2.05 bits per heavy atom. The predicted octanol–water partition coefficient (Wildman–Crippen LogP) is 3.02. The van der Waals surface area contributed by atoms with Crippen molar-refractivity contribution in [1.82, 2.24) is 14.9 Å². The molecule has 0 aliphatic heterocycles. The first-order valence-electron chi connectivity index (χ1n) is 6.28. The SMILES string of the molecule is COc1ccc(CSc2nnc(-c3cccs3)n2N)cc1. The van der Waals surface area contributed by atoms with Gasteiger partial charge in [0.15, 0.2) is 5.82 Å². The van der Waals surface area contributed by atoms with E-state index in [-0.39, 0.29) is 0 Å². The second-order valence-corrected chi connectivity index (χ2v) is 6.18. The number of thiophene rings is 1. The van der Waals surface area contributed by atoms with Crippen LogP contribution in [0.4, 0.5) is 0 Å². The van der Waals surface area contributed by atoms with Crippen molar-refractivity contribution in [3.05, 3.63) is 47.3 Å². The Morgan fingerprint density at radius 1 is 1.24 bits per heavy atom. The summed E-state index contributed by atoms with van der Waals surface area (Å²) in [6.45, 7) is 0. The molecule has 5 nitrogen and oxygen atoms in total. The van der Waals surface area contributed by atoms with Crippen LogP contribution in [0.1, 0.15) is 5.56 Å². The molecule has 7 heteroatoms. The molecule has 0 saturated heterocycles. The maximum atomic E-state index is 6.06. The largest absolute Gasteiger partial charge is 0.497 e. The molecule has 1 aromatic carbocycles. The Balaban J connectivity index is 1.70. The zero-order valence-electron chi connectivity index (χ0n) is 11.4. The summed E-state index contributed by atoms with van der Waals surface area (Å²) in [7, 11) is 1.66.